The summed E-state index contributed by atoms with van der Waals surface area (Å²) in [6, 6.07) is 8.24. The number of nitrogens with one attached hydrogen (secondary N) is 1. The van der Waals surface area contributed by atoms with Crippen LogP contribution in [0.25, 0.3) is 0 Å². The van der Waals surface area contributed by atoms with Gasteiger partial charge in [-0.05, 0) is 30.3 Å². The number of aromatic nitrogens is 1. The third kappa shape index (κ3) is 2.91. The Balaban J connectivity index is 2.16. The van der Waals surface area contributed by atoms with E-state index in [-0.39, 0.29) is 16.7 Å². The Morgan fingerprint density at radius 1 is 1.22 bits per heavy atom. The molecule has 92 valence electrons. The molecule has 18 heavy (non-hydrogen) atoms. The lowest BCUT2D eigenvalue weighted by molar-refractivity contribution is 0.102. The number of benzene rings is 1. The van der Waals surface area contributed by atoms with E-state index in [0.29, 0.717) is 16.3 Å². The summed E-state index contributed by atoms with van der Waals surface area (Å²) in [6.45, 7) is 0. The van der Waals surface area contributed by atoms with E-state index in [1.165, 1.54) is 12.3 Å². The van der Waals surface area contributed by atoms with Crippen molar-refractivity contribution in [3.05, 3.63) is 52.1 Å². The van der Waals surface area contributed by atoms with Crippen LogP contribution < -0.4 is 11.1 Å². The number of amides is 1. The SMILES string of the molecule is Nc1ncc(C(=O)Nc2ccc(Cl)cc2)cc1Cl. The highest BCUT2D eigenvalue weighted by Crippen LogP contribution is 2.18. The lowest BCUT2D eigenvalue weighted by Crippen LogP contribution is -2.12. The number of hydrogen-bond donors (Lipinski definition) is 2. The van der Waals surface area contributed by atoms with Crippen molar-refractivity contribution in [1.82, 2.24) is 4.98 Å². The molecular weight excluding hydrogens is 273 g/mol. The van der Waals surface area contributed by atoms with Gasteiger partial charge in [0.1, 0.15) is 5.82 Å². The zero-order valence-electron chi connectivity index (χ0n) is 9.15. The number of carbonyl (C=O) groups is 1. The lowest BCUT2D eigenvalue weighted by Gasteiger charge is -2.06. The molecule has 0 aliphatic heterocycles. The third-order valence-corrected chi connectivity index (χ3v) is 2.79. The molecule has 0 unspecified atom stereocenters. The summed E-state index contributed by atoms with van der Waals surface area (Å²) in [5.74, 6) is -0.119. The minimum Gasteiger partial charge on any atom is -0.382 e. The van der Waals surface area contributed by atoms with Crippen LogP contribution in [0.1, 0.15) is 10.4 Å². The van der Waals surface area contributed by atoms with Crippen molar-refractivity contribution < 1.29 is 4.79 Å². The summed E-state index contributed by atoms with van der Waals surface area (Å²) >= 11 is 11.5. The zero-order valence-corrected chi connectivity index (χ0v) is 10.7. The first-order valence-electron chi connectivity index (χ1n) is 5.04. The van der Waals surface area contributed by atoms with E-state index in [1.807, 2.05) is 0 Å². The van der Waals surface area contributed by atoms with Gasteiger partial charge in [-0.2, -0.15) is 0 Å². The minimum absolute atomic E-state index is 0.194. The molecule has 0 saturated heterocycles. The van der Waals surface area contributed by atoms with Crippen molar-refractivity contribution in [2.45, 2.75) is 0 Å². The molecule has 0 aliphatic rings. The first kappa shape index (κ1) is 12.7. The molecule has 0 fully saturated rings. The van der Waals surface area contributed by atoms with Gasteiger partial charge < -0.3 is 11.1 Å². The molecule has 0 spiro atoms. The molecule has 3 N–H and O–H groups in total. The van der Waals surface area contributed by atoms with E-state index in [9.17, 15) is 4.79 Å². The summed E-state index contributed by atoms with van der Waals surface area (Å²) in [4.78, 5) is 15.7. The molecule has 0 bridgehead atoms. The quantitative estimate of drug-likeness (QED) is 0.888. The fraction of sp³-hybridized carbons (Fsp3) is 0. The van der Waals surface area contributed by atoms with Crippen LogP contribution in [0, 0.1) is 0 Å². The number of nitrogens with zero attached hydrogens (tertiary/aromatic N) is 1. The average molecular weight is 282 g/mol. The van der Waals surface area contributed by atoms with Gasteiger partial charge in [0.15, 0.2) is 0 Å². The number of nitrogens with two attached hydrogens (primary N) is 1. The summed E-state index contributed by atoms with van der Waals surface area (Å²) in [6.07, 6.45) is 1.37. The summed E-state index contributed by atoms with van der Waals surface area (Å²) in [7, 11) is 0. The van der Waals surface area contributed by atoms with Gasteiger partial charge in [0.25, 0.3) is 5.91 Å². The minimum atomic E-state index is -0.313. The highest BCUT2D eigenvalue weighted by Gasteiger charge is 2.08. The Bertz CT molecular complexity index is 584. The second-order valence-corrected chi connectivity index (χ2v) is 4.40. The second kappa shape index (κ2) is 5.25. The van der Waals surface area contributed by atoms with Crippen molar-refractivity contribution in [2.75, 3.05) is 11.1 Å². The topological polar surface area (TPSA) is 68.0 Å². The Labute approximate surface area is 114 Å². The second-order valence-electron chi connectivity index (χ2n) is 3.55. The number of hydrogen-bond acceptors (Lipinski definition) is 3. The van der Waals surface area contributed by atoms with E-state index >= 15 is 0 Å². The summed E-state index contributed by atoms with van der Waals surface area (Å²) < 4.78 is 0. The summed E-state index contributed by atoms with van der Waals surface area (Å²) in [5, 5.41) is 3.55. The van der Waals surface area contributed by atoms with Gasteiger partial charge in [0.05, 0.1) is 10.6 Å². The molecule has 0 radical (unpaired) electrons. The first-order valence-corrected chi connectivity index (χ1v) is 5.80. The van der Waals surface area contributed by atoms with Crippen LogP contribution in [0.5, 0.6) is 0 Å². The highest BCUT2D eigenvalue weighted by molar-refractivity contribution is 6.33. The average Bonchev–Trinajstić information content (AvgIpc) is 2.35. The van der Waals surface area contributed by atoms with E-state index in [2.05, 4.69) is 10.3 Å². The van der Waals surface area contributed by atoms with Crippen LogP contribution in [-0.4, -0.2) is 10.9 Å². The van der Waals surface area contributed by atoms with Gasteiger partial charge in [0, 0.05) is 16.9 Å². The fourth-order valence-corrected chi connectivity index (χ4v) is 1.60. The maximum Gasteiger partial charge on any atom is 0.257 e. The van der Waals surface area contributed by atoms with Gasteiger partial charge in [0.2, 0.25) is 0 Å². The molecule has 2 aromatic rings. The predicted octanol–water partition coefficient (Wildman–Crippen LogP) is 3.22. The van der Waals surface area contributed by atoms with E-state index in [4.69, 9.17) is 28.9 Å². The van der Waals surface area contributed by atoms with Crippen molar-refractivity contribution in [3.8, 4) is 0 Å². The number of nitrogen functional groups attached to an aromatic ring is 1. The van der Waals surface area contributed by atoms with Crippen LogP contribution in [0.15, 0.2) is 36.5 Å². The van der Waals surface area contributed by atoms with Crippen LogP contribution in [0.3, 0.4) is 0 Å². The molecule has 0 aliphatic carbocycles. The highest BCUT2D eigenvalue weighted by atomic mass is 35.5. The largest absolute Gasteiger partial charge is 0.382 e. The number of halogens is 2. The Kier molecular flexibility index (Phi) is 3.69. The molecule has 0 atom stereocenters. The van der Waals surface area contributed by atoms with Crippen molar-refractivity contribution in [1.29, 1.82) is 0 Å². The Hall–Kier alpha value is -1.78. The van der Waals surface area contributed by atoms with Crippen LogP contribution in [-0.2, 0) is 0 Å². The number of anilines is 2. The molecule has 1 amide bonds. The molecule has 0 saturated carbocycles. The molecule has 1 aromatic carbocycles. The van der Waals surface area contributed by atoms with Gasteiger partial charge in [-0.25, -0.2) is 4.98 Å². The van der Waals surface area contributed by atoms with Crippen molar-refractivity contribution in [3.63, 3.8) is 0 Å². The predicted molar refractivity (Wildman–Crippen MR) is 73.1 cm³/mol. The molecule has 4 nitrogen and oxygen atoms in total. The molecule has 2 rings (SSSR count). The lowest BCUT2D eigenvalue weighted by atomic mass is 10.2. The maximum atomic E-state index is 11.9. The first-order chi connectivity index (χ1) is 8.56. The Morgan fingerprint density at radius 3 is 2.50 bits per heavy atom. The maximum absolute atomic E-state index is 11.9. The molecular formula is C12H9Cl2N3O. The van der Waals surface area contributed by atoms with Crippen LogP contribution in [0.4, 0.5) is 11.5 Å². The fourth-order valence-electron chi connectivity index (χ4n) is 1.31. The monoisotopic (exact) mass is 281 g/mol. The zero-order chi connectivity index (χ0) is 13.1. The number of rotatable bonds is 2. The summed E-state index contributed by atoms with van der Waals surface area (Å²) in [5.41, 5.74) is 6.44. The molecule has 1 aromatic heterocycles. The van der Waals surface area contributed by atoms with Gasteiger partial charge >= 0.3 is 0 Å². The Morgan fingerprint density at radius 2 is 1.89 bits per heavy atom. The third-order valence-electron chi connectivity index (χ3n) is 2.23. The van der Waals surface area contributed by atoms with Gasteiger partial charge in [-0.15, -0.1) is 0 Å². The van der Waals surface area contributed by atoms with E-state index in [0.717, 1.165) is 0 Å². The van der Waals surface area contributed by atoms with Crippen LogP contribution >= 0.6 is 23.2 Å². The number of pyridine rings is 1. The number of carbonyl (C=O) groups excluding carboxylic acids is 1. The van der Waals surface area contributed by atoms with Crippen LogP contribution in [0.2, 0.25) is 10.0 Å². The van der Waals surface area contributed by atoms with Crippen molar-refractivity contribution >= 4 is 40.6 Å². The van der Waals surface area contributed by atoms with E-state index < -0.39 is 0 Å². The smallest absolute Gasteiger partial charge is 0.257 e. The normalized spacial score (nSPS) is 10.1. The van der Waals surface area contributed by atoms with Gasteiger partial charge in [-0.3, -0.25) is 4.79 Å². The molecule has 1 heterocycles. The van der Waals surface area contributed by atoms with E-state index in [1.54, 1.807) is 24.3 Å². The van der Waals surface area contributed by atoms with Crippen molar-refractivity contribution in [2.24, 2.45) is 0 Å². The van der Waals surface area contributed by atoms with Gasteiger partial charge in [-0.1, -0.05) is 23.2 Å². The molecule has 6 heteroatoms. The standard InChI is InChI=1S/C12H9Cl2N3O/c13-8-1-3-9(4-2-8)17-12(18)7-5-10(14)11(15)16-6-7/h1-6H,(H2,15,16)(H,17,18).